The predicted octanol–water partition coefficient (Wildman–Crippen LogP) is 1.20. The number of pyridine rings is 1. The molecule has 3 N–H and O–H groups in total. The van der Waals surface area contributed by atoms with Gasteiger partial charge in [-0.2, -0.15) is 0 Å². The molecule has 6 nitrogen and oxygen atoms in total. The second kappa shape index (κ2) is 3.82. The molecule has 2 aromatic rings. The lowest BCUT2D eigenvalue weighted by Gasteiger charge is -1.98. The zero-order valence-electron chi connectivity index (χ0n) is 7.96. The number of rotatable bonds is 2. The third-order valence-electron chi connectivity index (χ3n) is 1.92. The molecule has 0 aliphatic rings. The number of carbonyl (C=O) groups is 1. The molecule has 0 saturated heterocycles. The fourth-order valence-electron chi connectivity index (χ4n) is 1.17. The fraction of sp³-hybridized carbons (Fsp3) is 0. The Hall–Kier alpha value is -2.08. The molecule has 0 radical (unpaired) electrons. The normalized spacial score (nSPS) is 10.3. The molecular formula is C9H7ClN4O2. The molecule has 0 bridgehead atoms. The van der Waals surface area contributed by atoms with Gasteiger partial charge in [-0.1, -0.05) is 11.6 Å². The van der Waals surface area contributed by atoms with Gasteiger partial charge in [0.15, 0.2) is 11.6 Å². The van der Waals surface area contributed by atoms with Gasteiger partial charge < -0.3 is 10.8 Å². The molecule has 2 rings (SSSR count). The van der Waals surface area contributed by atoms with Crippen LogP contribution in [0.4, 0.5) is 5.82 Å². The van der Waals surface area contributed by atoms with Crippen molar-refractivity contribution in [2.24, 2.45) is 0 Å². The summed E-state index contributed by atoms with van der Waals surface area (Å²) in [7, 11) is 0. The number of nitrogens with two attached hydrogens (primary N) is 1. The van der Waals surface area contributed by atoms with E-state index >= 15 is 0 Å². The number of aromatic nitrogens is 3. The molecule has 2 aromatic heterocycles. The van der Waals surface area contributed by atoms with E-state index in [1.165, 1.54) is 17.1 Å². The summed E-state index contributed by atoms with van der Waals surface area (Å²) in [6.07, 6.45) is 2.74. The molecular weight excluding hydrogens is 232 g/mol. The summed E-state index contributed by atoms with van der Waals surface area (Å²) in [4.78, 5) is 14.7. The Morgan fingerprint density at radius 1 is 1.50 bits per heavy atom. The van der Waals surface area contributed by atoms with Gasteiger partial charge in [0.2, 0.25) is 0 Å². The lowest BCUT2D eigenvalue weighted by Crippen LogP contribution is -1.98. The standard InChI is InChI=1S/C9H7ClN4O2/c10-5-1-2-7(12-3-5)14-4-6(9(15)16)8(11)13-14/h1-4H,(H2,11,13)(H,15,16). The van der Waals surface area contributed by atoms with E-state index in [-0.39, 0.29) is 11.4 Å². The molecule has 0 aliphatic carbocycles. The van der Waals surface area contributed by atoms with Crippen LogP contribution in [0.25, 0.3) is 5.82 Å². The largest absolute Gasteiger partial charge is 0.477 e. The number of carboxylic acids is 1. The first-order chi connectivity index (χ1) is 7.58. The van der Waals surface area contributed by atoms with Gasteiger partial charge in [0.25, 0.3) is 0 Å². The highest BCUT2D eigenvalue weighted by Gasteiger charge is 2.13. The summed E-state index contributed by atoms with van der Waals surface area (Å²) in [5.41, 5.74) is 5.38. The van der Waals surface area contributed by atoms with Gasteiger partial charge in [-0.15, -0.1) is 5.10 Å². The van der Waals surface area contributed by atoms with Gasteiger partial charge in [-0.3, -0.25) is 0 Å². The van der Waals surface area contributed by atoms with Gasteiger partial charge >= 0.3 is 5.97 Å². The van der Waals surface area contributed by atoms with E-state index in [1.54, 1.807) is 12.1 Å². The quantitative estimate of drug-likeness (QED) is 0.820. The molecule has 2 heterocycles. The number of nitrogens with zero attached hydrogens (tertiary/aromatic N) is 3. The van der Waals surface area contributed by atoms with Crippen LogP contribution in [0.2, 0.25) is 5.02 Å². The van der Waals surface area contributed by atoms with Gasteiger partial charge in [-0.25, -0.2) is 14.5 Å². The first kappa shape index (κ1) is 10.4. The monoisotopic (exact) mass is 238 g/mol. The summed E-state index contributed by atoms with van der Waals surface area (Å²) in [5, 5.41) is 13.1. The van der Waals surface area contributed by atoms with Crippen LogP contribution in [0.1, 0.15) is 10.4 Å². The summed E-state index contributed by atoms with van der Waals surface area (Å²) in [6, 6.07) is 3.24. The average Bonchev–Trinajstić information content (AvgIpc) is 2.61. The second-order valence-corrected chi connectivity index (χ2v) is 3.45. The number of halogens is 1. The van der Waals surface area contributed by atoms with E-state index in [0.29, 0.717) is 10.8 Å². The smallest absolute Gasteiger partial charge is 0.341 e. The van der Waals surface area contributed by atoms with Gasteiger partial charge in [0, 0.05) is 12.4 Å². The van der Waals surface area contributed by atoms with Crippen molar-refractivity contribution in [1.29, 1.82) is 0 Å². The maximum atomic E-state index is 10.7. The Labute approximate surface area is 95.3 Å². The molecule has 16 heavy (non-hydrogen) atoms. The lowest BCUT2D eigenvalue weighted by atomic mass is 10.3. The maximum Gasteiger partial charge on any atom is 0.341 e. The third-order valence-corrected chi connectivity index (χ3v) is 2.14. The van der Waals surface area contributed by atoms with Gasteiger partial charge in [0.05, 0.1) is 5.02 Å². The van der Waals surface area contributed by atoms with E-state index in [2.05, 4.69) is 10.1 Å². The number of hydrogen-bond acceptors (Lipinski definition) is 4. The van der Waals surface area contributed by atoms with Crippen molar-refractivity contribution in [2.75, 3.05) is 5.73 Å². The minimum absolute atomic E-state index is 0.0516. The van der Waals surface area contributed by atoms with Crippen LogP contribution >= 0.6 is 11.6 Å². The van der Waals surface area contributed by atoms with E-state index < -0.39 is 5.97 Å². The SMILES string of the molecule is Nc1nn(-c2ccc(Cl)cn2)cc1C(=O)O. The Kier molecular flexibility index (Phi) is 2.49. The van der Waals surface area contributed by atoms with Crippen LogP contribution in [0, 0.1) is 0 Å². The van der Waals surface area contributed by atoms with Crippen molar-refractivity contribution in [2.45, 2.75) is 0 Å². The molecule has 0 spiro atoms. The van der Waals surface area contributed by atoms with Crippen LogP contribution in [0.3, 0.4) is 0 Å². The molecule has 0 atom stereocenters. The molecule has 0 fully saturated rings. The second-order valence-electron chi connectivity index (χ2n) is 3.01. The molecule has 82 valence electrons. The molecule has 0 unspecified atom stereocenters. The first-order valence-corrected chi connectivity index (χ1v) is 4.66. The van der Waals surface area contributed by atoms with Crippen molar-refractivity contribution >= 4 is 23.4 Å². The number of carboxylic acid groups (broad SMARTS) is 1. The average molecular weight is 239 g/mol. The van der Waals surface area contributed by atoms with Crippen molar-refractivity contribution < 1.29 is 9.90 Å². The zero-order chi connectivity index (χ0) is 11.7. The lowest BCUT2D eigenvalue weighted by molar-refractivity contribution is 0.0698. The topological polar surface area (TPSA) is 94.0 Å². The number of aromatic carboxylic acids is 1. The minimum Gasteiger partial charge on any atom is -0.477 e. The minimum atomic E-state index is -1.13. The maximum absolute atomic E-state index is 10.7. The molecule has 0 amide bonds. The third kappa shape index (κ3) is 1.82. The first-order valence-electron chi connectivity index (χ1n) is 4.28. The Bertz CT molecular complexity index is 535. The number of hydrogen-bond donors (Lipinski definition) is 2. The van der Waals surface area contributed by atoms with Crippen molar-refractivity contribution in [3.8, 4) is 5.82 Å². The predicted molar refractivity (Wildman–Crippen MR) is 57.7 cm³/mol. The van der Waals surface area contributed by atoms with E-state index in [0.717, 1.165) is 0 Å². The Morgan fingerprint density at radius 3 is 2.75 bits per heavy atom. The summed E-state index contributed by atoms with van der Waals surface area (Å²) >= 11 is 5.68. The molecule has 0 aromatic carbocycles. The highest BCUT2D eigenvalue weighted by molar-refractivity contribution is 6.30. The Balaban J connectivity index is 2.45. The highest BCUT2D eigenvalue weighted by atomic mass is 35.5. The van der Waals surface area contributed by atoms with Crippen LogP contribution < -0.4 is 5.73 Å². The van der Waals surface area contributed by atoms with Crippen LogP contribution in [0.15, 0.2) is 24.5 Å². The van der Waals surface area contributed by atoms with E-state index in [1.807, 2.05) is 0 Å². The zero-order valence-corrected chi connectivity index (χ0v) is 8.72. The van der Waals surface area contributed by atoms with Gasteiger partial charge in [-0.05, 0) is 12.1 Å². The number of nitrogen functional groups attached to an aromatic ring is 1. The number of anilines is 1. The van der Waals surface area contributed by atoms with Crippen LogP contribution in [-0.2, 0) is 0 Å². The van der Waals surface area contributed by atoms with Crippen molar-refractivity contribution in [1.82, 2.24) is 14.8 Å². The Morgan fingerprint density at radius 2 is 2.25 bits per heavy atom. The summed E-state index contributed by atoms with van der Waals surface area (Å²) in [5.74, 6) is -0.731. The van der Waals surface area contributed by atoms with E-state index in [4.69, 9.17) is 22.4 Å². The van der Waals surface area contributed by atoms with E-state index in [9.17, 15) is 4.79 Å². The highest BCUT2D eigenvalue weighted by Crippen LogP contribution is 2.14. The summed E-state index contributed by atoms with van der Waals surface area (Å²) < 4.78 is 1.29. The molecule has 0 aliphatic heterocycles. The van der Waals surface area contributed by atoms with Crippen LogP contribution in [-0.4, -0.2) is 25.8 Å². The van der Waals surface area contributed by atoms with Crippen molar-refractivity contribution in [3.05, 3.63) is 35.1 Å². The fourth-order valence-corrected chi connectivity index (χ4v) is 1.28. The molecule has 0 saturated carbocycles. The molecule has 7 heteroatoms. The van der Waals surface area contributed by atoms with Crippen LogP contribution in [0.5, 0.6) is 0 Å². The van der Waals surface area contributed by atoms with Gasteiger partial charge in [0.1, 0.15) is 5.56 Å². The van der Waals surface area contributed by atoms with Crippen molar-refractivity contribution in [3.63, 3.8) is 0 Å². The summed E-state index contributed by atoms with van der Waals surface area (Å²) in [6.45, 7) is 0.